The van der Waals surface area contributed by atoms with Crippen LogP contribution in [0, 0.1) is 0 Å². The monoisotopic (exact) mass is 447 g/mol. The molecule has 0 aliphatic carbocycles. The van der Waals surface area contributed by atoms with Crippen molar-refractivity contribution in [2.24, 2.45) is 0 Å². The van der Waals surface area contributed by atoms with Gasteiger partial charge < -0.3 is 24.3 Å². The first-order chi connectivity index (χ1) is 15.3. The number of carbonyl (C=O) groups excluding carboxylic acids is 1. The van der Waals surface area contributed by atoms with Crippen molar-refractivity contribution in [1.29, 1.82) is 0 Å². The molecule has 0 heterocycles. The molecule has 32 heavy (non-hydrogen) atoms. The molecule has 0 bridgehead atoms. The van der Waals surface area contributed by atoms with Crippen LogP contribution in [0.25, 0.3) is 0 Å². The zero-order valence-corrected chi connectivity index (χ0v) is 17.4. The molecule has 0 aromatic heterocycles. The Morgan fingerprint density at radius 3 is 1.97 bits per heavy atom. The summed E-state index contributed by atoms with van der Waals surface area (Å²) >= 11 is 0. The molecule has 9 heteroatoms. The third-order valence-electron chi connectivity index (χ3n) is 4.45. The summed E-state index contributed by atoms with van der Waals surface area (Å²) in [6.07, 6.45) is -4.60. The average Bonchev–Trinajstić information content (AvgIpc) is 2.79. The van der Waals surface area contributed by atoms with E-state index in [9.17, 15) is 18.0 Å². The van der Waals surface area contributed by atoms with Crippen LogP contribution in [0.5, 0.6) is 28.7 Å². The Balaban J connectivity index is 2.00. The zero-order valence-electron chi connectivity index (χ0n) is 17.4. The number of carbonyl (C=O) groups is 1. The van der Waals surface area contributed by atoms with Crippen LogP contribution in [0.2, 0.25) is 0 Å². The predicted octanol–water partition coefficient (Wildman–Crippen LogP) is 5.78. The van der Waals surface area contributed by atoms with E-state index < -0.39 is 17.6 Å². The molecule has 0 saturated heterocycles. The Labute approximate surface area is 182 Å². The molecule has 3 aromatic rings. The standard InChI is InChI=1S/C23H20F3NO5/c1-29-19-11-14(12-20(30-2)21(19)31-3)22(28)27-17-13-15(23(24,25)26)9-10-18(17)32-16-7-5-4-6-8-16/h4-13H,1-3H3,(H,27,28). The molecule has 0 aliphatic rings. The lowest BCUT2D eigenvalue weighted by molar-refractivity contribution is -0.137. The second kappa shape index (κ2) is 9.51. The smallest absolute Gasteiger partial charge is 0.416 e. The summed E-state index contributed by atoms with van der Waals surface area (Å²) in [5.41, 5.74) is -0.997. The first-order valence-electron chi connectivity index (χ1n) is 9.32. The van der Waals surface area contributed by atoms with Gasteiger partial charge in [-0.15, -0.1) is 0 Å². The predicted molar refractivity (Wildman–Crippen MR) is 112 cm³/mol. The summed E-state index contributed by atoms with van der Waals surface area (Å²) in [7, 11) is 4.19. The lowest BCUT2D eigenvalue weighted by Crippen LogP contribution is -2.14. The molecule has 6 nitrogen and oxygen atoms in total. The molecule has 1 N–H and O–H groups in total. The Hall–Kier alpha value is -3.88. The lowest BCUT2D eigenvalue weighted by atomic mass is 10.1. The van der Waals surface area contributed by atoms with Gasteiger partial charge in [0, 0.05) is 5.56 Å². The van der Waals surface area contributed by atoms with Crippen LogP contribution in [0.1, 0.15) is 15.9 Å². The van der Waals surface area contributed by atoms with E-state index in [1.165, 1.54) is 33.5 Å². The number of benzene rings is 3. The maximum absolute atomic E-state index is 13.3. The molecule has 0 spiro atoms. The third kappa shape index (κ3) is 5.05. The van der Waals surface area contributed by atoms with Gasteiger partial charge in [-0.1, -0.05) is 18.2 Å². The molecular formula is C23H20F3NO5. The Morgan fingerprint density at radius 2 is 1.44 bits per heavy atom. The highest BCUT2D eigenvalue weighted by molar-refractivity contribution is 6.06. The SMILES string of the molecule is COc1cc(C(=O)Nc2cc(C(F)(F)F)ccc2Oc2ccccc2)cc(OC)c1OC. The van der Waals surface area contributed by atoms with E-state index in [2.05, 4.69) is 5.32 Å². The van der Waals surface area contributed by atoms with Gasteiger partial charge in [-0.3, -0.25) is 4.79 Å². The largest absolute Gasteiger partial charge is 0.493 e. The lowest BCUT2D eigenvalue weighted by Gasteiger charge is -2.17. The van der Waals surface area contributed by atoms with Crippen molar-refractivity contribution >= 4 is 11.6 Å². The number of anilines is 1. The van der Waals surface area contributed by atoms with Crippen molar-refractivity contribution in [3.05, 3.63) is 71.8 Å². The molecule has 0 radical (unpaired) electrons. The van der Waals surface area contributed by atoms with E-state index >= 15 is 0 Å². The summed E-state index contributed by atoms with van der Waals surface area (Å²) < 4.78 is 61.2. The molecule has 3 rings (SSSR count). The summed E-state index contributed by atoms with van der Waals surface area (Å²) in [5, 5.41) is 2.48. The number of halogens is 3. The zero-order chi connectivity index (χ0) is 23.3. The van der Waals surface area contributed by atoms with Gasteiger partial charge >= 0.3 is 6.18 Å². The maximum atomic E-state index is 13.3. The second-order valence-corrected chi connectivity index (χ2v) is 6.49. The molecule has 0 unspecified atom stereocenters. The van der Waals surface area contributed by atoms with Crippen molar-refractivity contribution in [2.75, 3.05) is 26.6 Å². The van der Waals surface area contributed by atoms with Gasteiger partial charge in [0.2, 0.25) is 5.75 Å². The number of ether oxygens (including phenoxy) is 4. The Bertz CT molecular complexity index is 1080. The summed E-state index contributed by atoms with van der Waals surface area (Å²) in [6, 6.07) is 14.1. The Morgan fingerprint density at radius 1 is 0.812 bits per heavy atom. The van der Waals surface area contributed by atoms with Crippen LogP contribution >= 0.6 is 0 Å². The minimum Gasteiger partial charge on any atom is -0.493 e. The van der Waals surface area contributed by atoms with Crippen molar-refractivity contribution in [1.82, 2.24) is 0 Å². The van der Waals surface area contributed by atoms with Crippen LogP contribution < -0.4 is 24.3 Å². The highest BCUT2D eigenvalue weighted by Crippen LogP contribution is 2.40. The molecule has 168 valence electrons. The summed E-state index contributed by atoms with van der Waals surface area (Å²) in [6.45, 7) is 0. The number of alkyl halides is 3. The fraction of sp³-hybridized carbons (Fsp3) is 0.174. The van der Waals surface area contributed by atoms with E-state index in [0.29, 0.717) is 5.75 Å². The van der Waals surface area contributed by atoms with Crippen molar-refractivity contribution in [3.63, 3.8) is 0 Å². The van der Waals surface area contributed by atoms with Crippen LogP contribution in [0.3, 0.4) is 0 Å². The highest BCUT2D eigenvalue weighted by Gasteiger charge is 2.31. The quantitative estimate of drug-likeness (QED) is 0.498. The van der Waals surface area contributed by atoms with Gasteiger partial charge in [-0.05, 0) is 42.5 Å². The van der Waals surface area contributed by atoms with E-state index in [-0.39, 0.29) is 34.2 Å². The van der Waals surface area contributed by atoms with Gasteiger partial charge in [0.25, 0.3) is 5.91 Å². The van der Waals surface area contributed by atoms with E-state index in [1.54, 1.807) is 30.3 Å². The van der Waals surface area contributed by atoms with E-state index in [4.69, 9.17) is 18.9 Å². The van der Waals surface area contributed by atoms with Crippen LogP contribution in [0.4, 0.5) is 18.9 Å². The van der Waals surface area contributed by atoms with Gasteiger partial charge in [0.05, 0.1) is 32.6 Å². The first kappa shape index (κ1) is 22.8. The van der Waals surface area contributed by atoms with Crippen molar-refractivity contribution < 1.29 is 36.9 Å². The maximum Gasteiger partial charge on any atom is 0.416 e. The summed E-state index contributed by atoms with van der Waals surface area (Å²) in [5.74, 6) is 0.476. The topological polar surface area (TPSA) is 66.0 Å². The number of amides is 1. The number of hydrogen-bond acceptors (Lipinski definition) is 5. The average molecular weight is 447 g/mol. The van der Waals surface area contributed by atoms with Gasteiger partial charge in [-0.2, -0.15) is 13.2 Å². The van der Waals surface area contributed by atoms with Gasteiger partial charge in [-0.25, -0.2) is 0 Å². The van der Waals surface area contributed by atoms with E-state index in [1.807, 2.05) is 0 Å². The van der Waals surface area contributed by atoms with Gasteiger partial charge in [0.1, 0.15) is 5.75 Å². The molecule has 0 aliphatic heterocycles. The molecular weight excluding hydrogens is 427 g/mol. The molecule has 0 saturated carbocycles. The van der Waals surface area contributed by atoms with Gasteiger partial charge in [0.15, 0.2) is 17.2 Å². The Kier molecular flexibility index (Phi) is 6.77. The fourth-order valence-electron chi connectivity index (χ4n) is 2.92. The van der Waals surface area contributed by atoms with Crippen molar-refractivity contribution in [3.8, 4) is 28.7 Å². The van der Waals surface area contributed by atoms with Crippen molar-refractivity contribution in [2.45, 2.75) is 6.18 Å². The first-order valence-corrected chi connectivity index (χ1v) is 9.32. The summed E-state index contributed by atoms with van der Waals surface area (Å²) in [4.78, 5) is 12.9. The fourth-order valence-corrected chi connectivity index (χ4v) is 2.92. The van der Waals surface area contributed by atoms with Crippen LogP contribution in [0.15, 0.2) is 60.7 Å². The number of nitrogens with one attached hydrogen (secondary N) is 1. The van der Waals surface area contributed by atoms with E-state index in [0.717, 1.165) is 18.2 Å². The van der Waals surface area contributed by atoms with Crippen LogP contribution in [-0.4, -0.2) is 27.2 Å². The number of rotatable bonds is 7. The number of methoxy groups -OCH3 is 3. The minimum atomic E-state index is -4.60. The molecule has 3 aromatic carbocycles. The number of hydrogen-bond donors (Lipinski definition) is 1. The molecule has 0 atom stereocenters. The highest BCUT2D eigenvalue weighted by atomic mass is 19.4. The molecule has 0 fully saturated rings. The normalized spacial score (nSPS) is 10.9. The second-order valence-electron chi connectivity index (χ2n) is 6.49. The number of para-hydroxylation sites is 1. The minimum absolute atomic E-state index is 0.0463. The third-order valence-corrected chi connectivity index (χ3v) is 4.45. The van der Waals surface area contributed by atoms with Crippen LogP contribution in [-0.2, 0) is 6.18 Å². The molecule has 1 amide bonds.